The number of alkyl halides is 3. The second kappa shape index (κ2) is 7.41. The highest BCUT2D eigenvalue weighted by atomic mass is 19.4. The molecular weight excluding hydrogens is 377 g/mol. The molecule has 3 aromatic rings. The molecule has 3 rings (SSSR count). The number of amides is 1. The molecule has 0 bridgehead atoms. The summed E-state index contributed by atoms with van der Waals surface area (Å²) >= 11 is 0. The van der Waals surface area contributed by atoms with Crippen molar-refractivity contribution in [1.82, 2.24) is 30.2 Å². The van der Waals surface area contributed by atoms with Crippen LogP contribution in [-0.2, 0) is 13.2 Å². The van der Waals surface area contributed by atoms with Gasteiger partial charge in [0, 0.05) is 30.6 Å². The van der Waals surface area contributed by atoms with Gasteiger partial charge in [-0.2, -0.15) is 23.3 Å². The molecule has 1 N–H and O–H groups in total. The van der Waals surface area contributed by atoms with E-state index in [1.165, 1.54) is 7.05 Å². The standard InChI is InChI=1S/C17H17F3N6O2/c1-4-11(16-23-14(25-28-16)10-5-6-21-9(2)7-10)22-15(27)12-8-13(17(18,19)20)24-26(12)3/h5-8,11H,4H2,1-3H3,(H,22,27)/t11-/m0/s1. The molecule has 8 nitrogen and oxygen atoms in total. The van der Waals surface area contributed by atoms with Crippen LogP contribution in [0, 0.1) is 6.92 Å². The van der Waals surface area contributed by atoms with Crippen LogP contribution in [0.1, 0.15) is 47.2 Å². The average molecular weight is 394 g/mol. The lowest BCUT2D eigenvalue weighted by Crippen LogP contribution is -2.30. The van der Waals surface area contributed by atoms with Crippen molar-refractivity contribution in [3.8, 4) is 11.4 Å². The molecule has 0 aliphatic rings. The summed E-state index contributed by atoms with van der Waals surface area (Å²) in [7, 11) is 1.27. The van der Waals surface area contributed by atoms with E-state index in [2.05, 4.69) is 25.5 Å². The topological polar surface area (TPSA) is 98.7 Å². The van der Waals surface area contributed by atoms with E-state index in [1.807, 2.05) is 6.92 Å². The number of halogens is 3. The van der Waals surface area contributed by atoms with Gasteiger partial charge in [0.25, 0.3) is 5.91 Å². The average Bonchev–Trinajstić information content (AvgIpc) is 3.26. The Kier molecular flexibility index (Phi) is 5.16. The predicted octanol–water partition coefficient (Wildman–Crippen LogP) is 3.07. The molecule has 1 amide bonds. The van der Waals surface area contributed by atoms with Gasteiger partial charge in [-0.25, -0.2) is 0 Å². The van der Waals surface area contributed by atoms with Crippen LogP contribution in [0.15, 0.2) is 28.9 Å². The first-order valence-electron chi connectivity index (χ1n) is 8.37. The molecule has 0 spiro atoms. The zero-order valence-electron chi connectivity index (χ0n) is 15.3. The van der Waals surface area contributed by atoms with Gasteiger partial charge in [0.2, 0.25) is 11.7 Å². The summed E-state index contributed by atoms with van der Waals surface area (Å²) in [6.07, 6.45) is -2.63. The third-order valence-corrected chi connectivity index (χ3v) is 4.01. The third-order valence-electron chi connectivity index (χ3n) is 4.01. The Bertz CT molecular complexity index is 995. The number of hydrogen-bond donors (Lipinski definition) is 1. The minimum absolute atomic E-state index is 0.151. The summed E-state index contributed by atoms with van der Waals surface area (Å²) < 4.78 is 44.5. The molecule has 148 valence electrons. The highest BCUT2D eigenvalue weighted by Gasteiger charge is 2.35. The second-order valence-electron chi connectivity index (χ2n) is 6.11. The molecule has 0 radical (unpaired) electrons. The van der Waals surface area contributed by atoms with E-state index in [9.17, 15) is 18.0 Å². The summed E-state index contributed by atoms with van der Waals surface area (Å²) in [5.74, 6) is -0.247. The second-order valence-corrected chi connectivity index (χ2v) is 6.11. The lowest BCUT2D eigenvalue weighted by Gasteiger charge is -2.12. The van der Waals surface area contributed by atoms with E-state index in [0.29, 0.717) is 23.9 Å². The van der Waals surface area contributed by atoms with Gasteiger partial charge in [0.05, 0.1) is 0 Å². The minimum atomic E-state index is -4.63. The predicted molar refractivity (Wildman–Crippen MR) is 91.0 cm³/mol. The van der Waals surface area contributed by atoms with Crippen molar-refractivity contribution in [3.05, 3.63) is 47.4 Å². The lowest BCUT2D eigenvalue weighted by atomic mass is 10.2. The van der Waals surface area contributed by atoms with E-state index in [4.69, 9.17) is 4.52 Å². The van der Waals surface area contributed by atoms with Crippen LogP contribution in [-0.4, -0.2) is 30.8 Å². The van der Waals surface area contributed by atoms with Crippen LogP contribution in [0.2, 0.25) is 0 Å². The van der Waals surface area contributed by atoms with Crippen LogP contribution in [0.5, 0.6) is 0 Å². The van der Waals surface area contributed by atoms with Gasteiger partial charge in [0.15, 0.2) is 5.69 Å². The van der Waals surface area contributed by atoms with Crippen LogP contribution >= 0.6 is 0 Å². The first-order valence-corrected chi connectivity index (χ1v) is 8.37. The number of hydrogen-bond acceptors (Lipinski definition) is 6. The number of aryl methyl sites for hydroxylation is 2. The molecule has 0 aliphatic carbocycles. The molecular formula is C17H17F3N6O2. The minimum Gasteiger partial charge on any atom is -0.339 e. The van der Waals surface area contributed by atoms with Crippen molar-refractivity contribution in [2.45, 2.75) is 32.5 Å². The van der Waals surface area contributed by atoms with Crippen molar-refractivity contribution in [1.29, 1.82) is 0 Å². The molecule has 1 atom stereocenters. The number of rotatable bonds is 5. The van der Waals surface area contributed by atoms with Gasteiger partial charge in [-0.15, -0.1) is 0 Å². The molecule has 0 saturated heterocycles. The number of pyridine rings is 1. The molecule has 3 aromatic heterocycles. The molecule has 0 aliphatic heterocycles. The first kappa shape index (κ1) is 19.5. The quantitative estimate of drug-likeness (QED) is 0.714. The first-order chi connectivity index (χ1) is 13.2. The molecule has 11 heteroatoms. The van der Waals surface area contributed by atoms with Crippen molar-refractivity contribution in [3.63, 3.8) is 0 Å². The molecule has 3 heterocycles. The third kappa shape index (κ3) is 4.02. The summed E-state index contributed by atoms with van der Waals surface area (Å²) in [5, 5.41) is 9.84. The Hall–Kier alpha value is -3.24. The fraction of sp³-hybridized carbons (Fsp3) is 0.353. The zero-order chi connectivity index (χ0) is 20.5. The molecule has 28 heavy (non-hydrogen) atoms. The van der Waals surface area contributed by atoms with Crippen molar-refractivity contribution in [2.75, 3.05) is 0 Å². The zero-order valence-corrected chi connectivity index (χ0v) is 15.3. The van der Waals surface area contributed by atoms with Gasteiger partial charge in [-0.1, -0.05) is 12.1 Å². The summed E-state index contributed by atoms with van der Waals surface area (Å²) in [5.41, 5.74) is 0.114. The van der Waals surface area contributed by atoms with E-state index in [1.54, 1.807) is 25.3 Å². The van der Waals surface area contributed by atoms with Crippen molar-refractivity contribution in [2.24, 2.45) is 7.05 Å². The van der Waals surface area contributed by atoms with E-state index < -0.39 is 23.8 Å². The monoisotopic (exact) mass is 394 g/mol. The number of carbonyl (C=O) groups excluding carboxylic acids is 1. The maximum Gasteiger partial charge on any atom is 0.435 e. The smallest absolute Gasteiger partial charge is 0.339 e. The molecule has 0 saturated carbocycles. The van der Waals surface area contributed by atoms with Gasteiger partial charge < -0.3 is 9.84 Å². The fourth-order valence-electron chi connectivity index (χ4n) is 2.57. The van der Waals surface area contributed by atoms with Crippen LogP contribution < -0.4 is 5.32 Å². The highest BCUT2D eigenvalue weighted by Crippen LogP contribution is 2.28. The van der Waals surface area contributed by atoms with Gasteiger partial charge in [-0.3, -0.25) is 14.5 Å². The normalized spacial score (nSPS) is 12.8. The van der Waals surface area contributed by atoms with Gasteiger partial charge in [-0.05, 0) is 25.5 Å². The highest BCUT2D eigenvalue weighted by molar-refractivity contribution is 5.92. The van der Waals surface area contributed by atoms with Crippen molar-refractivity contribution < 1.29 is 22.5 Å². The number of nitrogens with zero attached hydrogens (tertiary/aromatic N) is 5. The Balaban J connectivity index is 1.80. The number of carbonyl (C=O) groups is 1. The molecule has 0 aromatic carbocycles. The summed E-state index contributed by atoms with van der Waals surface area (Å²) in [6, 6.07) is 3.53. The Morgan fingerprint density at radius 3 is 2.71 bits per heavy atom. The largest absolute Gasteiger partial charge is 0.435 e. The maximum absolute atomic E-state index is 12.8. The summed E-state index contributed by atoms with van der Waals surface area (Å²) in [4.78, 5) is 20.8. The van der Waals surface area contributed by atoms with Gasteiger partial charge >= 0.3 is 6.18 Å². The fourth-order valence-corrected chi connectivity index (χ4v) is 2.57. The van der Waals surface area contributed by atoms with Gasteiger partial charge in [0.1, 0.15) is 11.7 Å². The SMILES string of the molecule is CC[C@H](NC(=O)c1cc(C(F)(F)F)nn1C)c1nc(-c2ccnc(C)c2)no1. The molecule has 0 fully saturated rings. The van der Waals surface area contributed by atoms with Crippen LogP contribution in [0.3, 0.4) is 0 Å². The maximum atomic E-state index is 12.8. The van der Waals surface area contributed by atoms with Crippen LogP contribution in [0.4, 0.5) is 13.2 Å². The van der Waals surface area contributed by atoms with Crippen molar-refractivity contribution >= 4 is 5.91 Å². The van der Waals surface area contributed by atoms with E-state index in [0.717, 1.165) is 10.4 Å². The Morgan fingerprint density at radius 1 is 1.36 bits per heavy atom. The van der Waals surface area contributed by atoms with E-state index in [-0.39, 0.29) is 11.6 Å². The number of aromatic nitrogens is 5. The molecule has 0 unspecified atom stereocenters. The summed E-state index contributed by atoms with van der Waals surface area (Å²) in [6.45, 7) is 3.60. The Morgan fingerprint density at radius 2 is 2.11 bits per heavy atom. The number of nitrogens with one attached hydrogen (secondary N) is 1. The Labute approximate surface area is 157 Å². The van der Waals surface area contributed by atoms with Crippen LogP contribution in [0.25, 0.3) is 11.4 Å². The van der Waals surface area contributed by atoms with E-state index >= 15 is 0 Å². The lowest BCUT2D eigenvalue weighted by molar-refractivity contribution is -0.141.